The van der Waals surface area contributed by atoms with E-state index in [1.54, 1.807) is 4.90 Å². The molecule has 0 saturated heterocycles. The van der Waals surface area contributed by atoms with Crippen molar-refractivity contribution in [1.29, 1.82) is 0 Å². The second-order valence-electron chi connectivity index (χ2n) is 5.07. The maximum Gasteiger partial charge on any atom is 0.291 e. The van der Waals surface area contributed by atoms with Crippen LogP contribution in [-0.4, -0.2) is 38.7 Å². The Kier molecular flexibility index (Phi) is 3.96. The molecule has 1 aromatic carbocycles. The van der Waals surface area contributed by atoms with Crippen LogP contribution in [0, 0.1) is 0 Å². The molecule has 6 nitrogen and oxygen atoms in total. The molecular formula is C15H19N5O. The van der Waals surface area contributed by atoms with Gasteiger partial charge in [-0.15, -0.1) is 10.2 Å². The number of rotatable bonds is 5. The van der Waals surface area contributed by atoms with Crippen molar-refractivity contribution < 1.29 is 4.79 Å². The second kappa shape index (κ2) is 6.05. The van der Waals surface area contributed by atoms with Crippen LogP contribution < -0.4 is 5.32 Å². The van der Waals surface area contributed by atoms with E-state index in [1.165, 1.54) is 5.56 Å². The third kappa shape index (κ3) is 2.80. The summed E-state index contributed by atoms with van der Waals surface area (Å²) in [5.74, 6) is 1.26. The van der Waals surface area contributed by atoms with Gasteiger partial charge in [0, 0.05) is 26.2 Å². The van der Waals surface area contributed by atoms with Crippen molar-refractivity contribution in [3.8, 4) is 0 Å². The van der Waals surface area contributed by atoms with Crippen molar-refractivity contribution in [1.82, 2.24) is 25.0 Å². The Hall–Kier alpha value is -2.21. The molecule has 110 valence electrons. The van der Waals surface area contributed by atoms with Gasteiger partial charge in [-0.3, -0.25) is 4.79 Å². The van der Waals surface area contributed by atoms with Gasteiger partial charge in [0.2, 0.25) is 5.82 Å². The summed E-state index contributed by atoms with van der Waals surface area (Å²) in [5, 5.41) is 11.5. The number of benzene rings is 1. The van der Waals surface area contributed by atoms with E-state index in [1.807, 2.05) is 29.7 Å². The lowest BCUT2D eigenvalue weighted by atomic mass is 10.2. The normalized spacial score (nSPS) is 14.3. The monoisotopic (exact) mass is 285 g/mol. The van der Waals surface area contributed by atoms with Crippen LogP contribution in [0.4, 0.5) is 0 Å². The molecule has 1 aliphatic heterocycles. The first-order chi connectivity index (χ1) is 10.3. The number of likely N-dealkylation sites (N-methyl/N-ethyl adjacent to an activating group) is 1. The van der Waals surface area contributed by atoms with Gasteiger partial charge in [0.05, 0.1) is 6.54 Å². The van der Waals surface area contributed by atoms with Crippen LogP contribution in [0.1, 0.15) is 28.9 Å². The van der Waals surface area contributed by atoms with Gasteiger partial charge in [-0.2, -0.15) is 0 Å². The van der Waals surface area contributed by atoms with Crippen LogP contribution >= 0.6 is 0 Å². The molecular weight excluding hydrogens is 266 g/mol. The molecule has 0 fully saturated rings. The molecule has 0 spiro atoms. The third-order valence-corrected chi connectivity index (χ3v) is 3.74. The van der Waals surface area contributed by atoms with Crippen LogP contribution in [-0.2, 0) is 19.6 Å². The van der Waals surface area contributed by atoms with Crippen LogP contribution in [0.5, 0.6) is 0 Å². The van der Waals surface area contributed by atoms with Crippen LogP contribution in [0.2, 0.25) is 0 Å². The molecule has 0 saturated carbocycles. The van der Waals surface area contributed by atoms with Gasteiger partial charge in [-0.1, -0.05) is 30.3 Å². The van der Waals surface area contributed by atoms with Crippen molar-refractivity contribution >= 4 is 5.91 Å². The highest BCUT2D eigenvalue weighted by atomic mass is 16.2. The zero-order valence-corrected chi connectivity index (χ0v) is 12.1. The molecule has 2 aromatic rings. The third-order valence-electron chi connectivity index (χ3n) is 3.74. The van der Waals surface area contributed by atoms with Gasteiger partial charge in [-0.05, 0) is 12.5 Å². The van der Waals surface area contributed by atoms with Gasteiger partial charge < -0.3 is 14.8 Å². The number of nitrogens with one attached hydrogen (secondary N) is 1. The fourth-order valence-electron chi connectivity index (χ4n) is 2.54. The second-order valence-corrected chi connectivity index (χ2v) is 5.07. The largest absolute Gasteiger partial charge is 0.334 e. The Morgan fingerprint density at radius 3 is 2.71 bits per heavy atom. The molecule has 1 aromatic heterocycles. The average Bonchev–Trinajstić information content (AvgIpc) is 2.93. The van der Waals surface area contributed by atoms with E-state index < -0.39 is 0 Å². The Balaban J connectivity index is 1.64. The van der Waals surface area contributed by atoms with Gasteiger partial charge in [0.1, 0.15) is 5.82 Å². The predicted octanol–water partition coefficient (Wildman–Crippen LogP) is 1.04. The van der Waals surface area contributed by atoms with Crippen LogP contribution in [0.3, 0.4) is 0 Å². The topological polar surface area (TPSA) is 63.1 Å². The number of aromatic nitrogens is 3. The number of carbonyl (C=O) groups is 1. The SMILES string of the molecule is CCN1CCn2c(CNCc3ccccc3)nnc2C1=O. The van der Waals surface area contributed by atoms with Gasteiger partial charge >= 0.3 is 0 Å². The minimum Gasteiger partial charge on any atom is -0.334 e. The molecule has 21 heavy (non-hydrogen) atoms. The molecule has 1 aliphatic rings. The highest BCUT2D eigenvalue weighted by Crippen LogP contribution is 2.12. The van der Waals surface area contributed by atoms with Crippen molar-refractivity contribution in [2.24, 2.45) is 0 Å². The fourth-order valence-corrected chi connectivity index (χ4v) is 2.54. The molecule has 6 heteroatoms. The van der Waals surface area contributed by atoms with Crippen molar-refractivity contribution in [3.05, 3.63) is 47.5 Å². The van der Waals surface area contributed by atoms with Gasteiger partial charge in [-0.25, -0.2) is 0 Å². The van der Waals surface area contributed by atoms with Crippen molar-refractivity contribution in [2.45, 2.75) is 26.6 Å². The van der Waals surface area contributed by atoms with E-state index in [9.17, 15) is 4.79 Å². The Morgan fingerprint density at radius 2 is 1.95 bits per heavy atom. The van der Waals surface area contributed by atoms with Crippen molar-refractivity contribution in [2.75, 3.05) is 13.1 Å². The molecule has 0 atom stereocenters. The summed E-state index contributed by atoms with van der Waals surface area (Å²) in [6.45, 7) is 5.58. The minimum absolute atomic E-state index is 0.0226. The molecule has 0 aliphatic carbocycles. The summed E-state index contributed by atoms with van der Waals surface area (Å²) in [7, 11) is 0. The number of fused-ring (bicyclic) bond motifs is 1. The molecule has 3 rings (SSSR count). The van der Waals surface area contributed by atoms with E-state index in [0.29, 0.717) is 18.9 Å². The maximum absolute atomic E-state index is 12.1. The highest BCUT2D eigenvalue weighted by Gasteiger charge is 2.27. The van der Waals surface area contributed by atoms with Gasteiger partial charge in [0.25, 0.3) is 5.91 Å². The zero-order chi connectivity index (χ0) is 14.7. The number of amides is 1. The quantitative estimate of drug-likeness (QED) is 0.891. The highest BCUT2D eigenvalue weighted by molar-refractivity contribution is 5.91. The lowest BCUT2D eigenvalue weighted by molar-refractivity contribution is 0.0705. The molecule has 1 amide bonds. The lowest BCUT2D eigenvalue weighted by Gasteiger charge is -2.26. The Labute approximate surface area is 123 Å². The smallest absolute Gasteiger partial charge is 0.291 e. The lowest BCUT2D eigenvalue weighted by Crippen LogP contribution is -2.40. The molecule has 0 unspecified atom stereocenters. The minimum atomic E-state index is -0.0226. The number of nitrogens with zero attached hydrogens (tertiary/aromatic N) is 4. The summed E-state index contributed by atoms with van der Waals surface area (Å²) >= 11 is 0. The Bertz CT molecular complexity index is 622. The maximum atomic E-state index is 12.1. The Morgan fingerprint density at radius 1 is 1.14 bits per heavy atom. The summed E-state index contributed by atoms with van der Waals surface area (Å²) in [6, 6.07) is 10.2. The molecule has 0 radical (unpaired) electrons. The van der Waals surface area contributed by atoms with Gasteiger partial charge in [0.15, 0.2) is 0 Å². The zero-order valence-electron chi connectivity index (χ0n) is 12.1. The molecule has 2 heterocycles. The summed E-state index contributed by atoms with van der Waals surface area (Å²) in [4.78, 5) is 13.9. The van der Waals surface area contributed by atoms with E-state index >= 15 is 0 Å². The summed E-state index contributed by atoms with van der Waals surface area (Å²) in [6.07, 6.45) is 0. The molecule has 1 N–H and O–H groups in total. The first-order valence-electron chi connectivity index (χ1n) is 7.25. The number of hydrogen-bond donors (Lipinski definition) is 1. The van der Waals surface area contributed by atoms with E-state index in [0.717, 1.165) is 25.5 Å². The predicted molar refractivity (Wildman–Crippen MR) is 78.6 cm³/mol. The van der Waals surface area contributed by atoms with E-state index in [4.69, 9.17) is 0 Å². The average molecular weight is 285 g/mol. The van der Waals surface area contributed by atoms with E-state index in [-0.39, 0.29) is 5.91 Å². The van der Waals surface area contributed by atoms with Crippen molar-refractivity contribution in [3.63, 3.8) is 0 Å². The standard InChI is InChI=1S/C15H19N5O/c1-2-19-8-9-20-13(17-18-14(20)15(19)21)11-16-10-12-6-4-3-5-7-12/h3-7,16H,2,8-11H2,1H3. The number of carbonyl (C=O) groups excluding carboxylic acids is 1. The van der Waals surface area contributed by atoms with Crippen LogP contribution in [0.15, 0.2) is 30.3 Å². The molecule has 0 bridgehead atoms. The van der Waals surface area contributed by atoms with Crippen LogP contribution in [0.25, 0.3) is 0 Å². The summed E-state index contributed by atoms with van der Waals surface area (Å²) in [5.41, 5.74) is 1.23. The summed E-state index contributed by atoms with van der Waals surface area (Å²) < 4.78 is 1.92. The number of hydrogen-bond acceptors (Lipinski definition) is 4. The van der Waals surface area contributed by atoms with E-state index in [2.05, 4.69) is 27.6 Å². The first-order valence-corrected chi connectivity index (χ1v) is 7.25. The first kappa shape index (κ1) is 13.8. The fraction of sp³-hybridized carbons (Fsp3) is 0.400.